The summed E-state index contributed by atoms with van der Waals surface area (Å²) >= 11 is 8.26. The van der Waals surface area contributed by atoms with Crippen molar-refractivity contribution < 1.29 is 9.47 Å². The first-order valence-corrected chi connectivity index (χ1v) is 6.88. The smallest absolute Gasteiger partial charge is 0.162 e. The van der Waals surface area contributed by atoms with Crippen LogP contribution in [0, 0.1) is 3.57 Å². The van der Waals surface area contributed by atoms with Crippen molar-refractivity contribution in [3.63, 3.8) is 0 Å². The molecule has 1 aliphatic heterocycles. The van der Waals surface area contributed by atoms with E-state index >= 15 is 0 Å². The van der Waals surface area contributed by atoms with Crippen LogP contribution in [0.25, 0.3) is 0 Å². The molecule has 1 aromatic rings. The summed E-state index contributed by atoms with van der Waals surface area (Å²) in [4.78, 5) is 8.86. The molecule has 2 heterocycles. The molecule has 0 aromatic carbocycles. The zero-order valence-corrected chi connectivity index (χ0v) is 12.7. The first-order chi connectivity index (χ1) is 8.07. The van der Waals surface area contributed by atoms with Gasteiger partial charge in [-0.25, -0.2) is 9.97 Å². The lowest BCUT2D eigenvalue weighted by Gasteiger charge is -2.22. The predicted octanol–water partition coefficient (Wildman–Crippen LogP) is 2.91. The largest absolute Gasteiger partial charge is 0.378 e. The molecule has 94 valence electrons. The standard InChI is InChI=1S/C11H14ClIN2O2/c1-11(4-3-5-17-11)10-14-7(6-16-2)8(13)9(12)15-10/h3-6H2,1-2H3. The van der Waals surface area contributed by atoms with Crippen molar-refractivity contribution in [3.8, 4) is 0 Å². The summed E-state index contributed by atoms with van der Waals surface area (Å²) in [5, 5.41) is 0.472. The van der Waals surface area contributed by atoms with Gasteiger partial charge in [0.25, 0.3) is 0 Å². The Hall–Kier alpha value is 0.0200. The van der Waals surface area contributed by atoms with Gasteiger partial charge in [-0.05, 0) is 42.4 Å². The van der Waals surface area contributed by atoms with Crippen LogP contribution in [0.4, 0.5) is 0 Å². The lowest BCUT2D eigenvalue weighted by atomic mass is 10.0. The van der Waals surface area contributed by atoms with Gasteiger partial charge in [0.05, 0.1) is 15.9 Å². The topological polar surface area (TPSA) is 44.2 Å². The minimum absolute atomic E-state index is 0.406. The molecule has 0 radical (unpaired) electrons. The molecular weight excluding hydrogens is 354 g/mol. The second kappa shape index (κ2) is 5.34. The van der Waals surface area contributed by atoms with Crippen LogP contribution in [0.1, 0.15) is 31.3 Å². The number of hydrogen-bond acceptors (Lipinski definition) is 4. The van der Waals surface area contributed by atoms with Gasteiger partial charge in [0.15, 0.2) is 5.82 Å². The van der Waals surface area contributed by atoms with Crippen LogP contribution < -0.4 is 0 Å². The predicted molar refractivity (Wildman–Crippen MR) is 73.0 cm³/mol. The van der Waals surface area contributed by atoms with Gasteiger partial charge in [-0.15, -0.1) is 0 Å². The highest BCUT2D eigenvalue weighted by molar-refractivity contribution is 14.1. The molecule has 2 rings (SSSR count). The number of halogens is 2. The van der Waals surface area contributed by atoms with E-state index in [1.165, 1.54) is 0 Å². The number of aromatic nitrogens is 2. The van der Waals surface area contributed by atoms with E-state index < -0.39 is 5.60 Å². The molecule has 0 N–H and O–H groups in total. The second-order valence-corrected chi connectivity index (χ2v) is 5.65. The van der Waals surface area contributed by atoms with Crippen molar-refractivity contribution in [2.75, 3.05) is 13.7 Å². The average Bonchev–Trinajstić information content (AvgIpc) is 2.73. The van der Waals surface area contributed by atoms with E-state index in [0.29, 0.717) is 17.6 Å². The van der Waals surface area contributed by atoms with Crippen molar-refractivity contribution >= 4 is 34.2 Å². The number of ether oxygens (including phenoxy) is 2. The molecule has 0 spiro atoms. The zero-order valence-electron chi connectivity index (χ0n) is 9.80. The Labute approximate surface area is 119 Å². The third kappa shape index (κ3) is 2.72. The van der Waals surface area contributed by atoms with Gasteiger partial charge < -0.3 is 9.47 Å². The molecular formula is C11H14ClIN2O2. The maximum Gasteiger partial charge on any atom is 0.162 e. The normalized spacial score (nSPS) is 24.2. The van der Waals surface area contributed by atoms with Crippen LogP contribution in [-0.2, 0) is 21.7 Å². The van der Waals surface area contributed by atoms with Crippen LogP contribution in [-0.4, -0.2) is 23.7 Å². The third-order valence-electron chi connectivity index (χ3n) is 2.85. The maximum absolute atomic E-state index is 6.13. The summed E-state index contributed by atoms with van der Waals surface area (Å²) in [6, 6.07) is 0. The van der Waals surface area contributed by atoms with Crippen LogP contribution in [0.5, 0.6) is 0 Å². The van der Waals surface area contributed by atoms with E-state index in [-0.39, 0.29) is 0 Å². The second-order valence-electron chi connectivity index (χ2n) is 4.21. The highest BCUT2D eigenvalue weighted by Crippen LogP contribution is 2.35. The highest BCUT2D eigenvalue weighted by Gasteiger charge is 2.35. The molecule has 1 unspecified atom stereocenters. The molecule has 1 fully saturated rings. The van der Waals surface area contributed by atoms with Gasteiger partial charge in [0, 0.05) is 13.7 Å². The molecule has 1 aromatic heterocycles. The van der Waals surface area contributed by atoms with Gasteiger partial charge in [-0.1, -0.05) is 11.6 Å². The Kier molecular flexibility index (Phi) is 4.22. The third-order valence-corrected chi connectivity index (χ3v) is 4.58. The number of rotatable bonds is 3. The average molecular weight is 369 g/mol. The summed E-state index contributed by atoms with van der Waals surface area (Å²) in [5.74, 6) is 0.660. The number of methoxy groups -OCH3 is 1. The molecule has 6 heteroatoms. The highest BCUT2D eigenvalue weighted by atomic mass is 127. The fraction of sp³-hybridized carbons (Fsp3) is 0.636. The van der Waals surface area contributed by atoms with Crippen LogP contribution in [0.2, 0.25) is 5.15 Å². The van der Waals surface area contributed by atoms with E-state index in [2.05, 4.69) is 32.6 Å². The lowest BCUT2D eigenvalue weighted by molar-refractivity contribution is 0.00882. The van der Waals surface area contributed by atoms with Gasteiger partial charge in [0.1, 0.15) is 10.8 Å². The van der Waals surface area contributed by atoms with Crippen LogP contribution in [0.15, 0.2) is 0 Å². The monoisotopic (exact) mass is 368 g/mol. The molecule has 17 heavy (non-hydrogen) atoms. The maximum atomic E-state index is 6.13. The SMILES string of the molecule is COCc1nc(C2(C)CCCO2)nc(Cl)c1I. The summed E-state index contributed by atoms with van der Waals surface area (Å²) in [7, 11) is 1.64. The van der Waals surface area contributed by atoms with E-state index in [1.807, 2.05) is 6.92 Å². The number of hydrogen-bond donors (Lipinski definition) is 0. The fourth-order valence-electron chi connectivity index (χ4n) is 1.89. The molecule has 4 nitrogen and oxygen atoms in total. The Balaban J connectivity index is 2.41. The Morgan fingerprint density at radius 3 is 2.88 bits per heavy atom. The summed E-state index contributed by atoms with van der Waals surface area (Å²) in [6.45, 7) is 3.20. The van der Waals surface area contributed by atoms with Crippen LogP contribution in [0.3, 0.4) is 0 Å². The van der Waals surface area contributed by atoms with Gasteiger partial charge in [0.2, 0.25) is 0 Å². The Morgan fingerprint density at radius 2 is 2.29 bits per heavy atom. The molecule has 1 atom stereocenters. The van der Waals surface area contributed by atoms with Crippen molar-refractivity contribution in [1.82, 2.24) is 9.97 Å². The quantitative estimate of drug-likeness (QED) is 0.608. The molecule has 0 aliphatic carbocycles. The van der Waals surface area contributed by atoms with E-state index in [0.717, 1.165) is 28.7 Å². The summed E-state index contributed by atoms with van der Waals surface area (Å²) in [5.41, 5.74) is 0.413. The van der Waals surface area contributed by atoms with Gasteiger partial charge in [-0.2, -0.15) is 0 Å². The van der Waals surface area contributed by atoms with E-state index in [4.69, 9.17) is 21.1 Å². The summed E-state index contributed by atoms with van der Waals surface area (Å²) in [6.07, 6.45) is 1.96. The van der Waals surface area contributed by atoms with Gasteiger partial charge >= 0.3 is 0 Å². The molecule has 0 amide bonds. The van der Waals surface area contributed by atoms with Crippen molar-refractivity contribution in [2.45, 2.75) is 32.0 Å². The van der Waals surface area contributed by atoms with E-state index in [1.54, 1.807) is 7.11 Å². The van der Waals surface area contributed by atoms with Crippen LogP contribution >= 0.6 is 34.2 Å². The Bertz CT molecular complexity index is 422. The van der Waals surface area contributed by atoms with Crippen molar-refractivity contribution in [3.05, 3.63) is 20.2 Å². The first-order valence-electron chi connectivity index (χ1n) is 5.42. The molecule has 0 bridgehead atoms. The van der Waals surface area contributed by atoms with Crippen molar-refractivity contribution in [1.29, 1.82) is 0 Å². The minimum Gasteiger partial charge on any atom is -0.378 e. The zero-order chi connectivity index (χ0) is 12.5. The first kappa shape index (κ1) is 13.5. The molecule has 1 saturated heterocycles. The molecule has 1 aliphatic rings. The fourth-order valence-corrected chi connectivity index (χ4v) is 2.47. The summed E-state index contributed by atoms with van der Waals surface area (Å²) < 4.78 is 11.7. The van der Waals surface area contributed by atoms with E-state index in [9.17, 15) is 0 Å². The van der Waals surface area contributed by atoms with Gasteiger partial charge in [-0.3, -0.25) is 0 Å². The minimum atomic E-state index is -0.406. The van der Waals surface area contributed by atoms with Crippen molar-refractivity contribution in [2.24, 2.45) is 0 Å². The molecule has 0 saturated carbocycles. The lowest BCUT2D eigenvalue weighted by Crippen LogP contribution is -2.24. The Morgan fingerprint density at radius 1 is 1.53 bits per heavy atom. The number of nitrogens with zero attached hydrogens (tertiary/aromatic N) is 2.